The van der Waals surface area contributed by atoms with Crippen LogP contribution < -0.4 is 11.1 Å². The zero-order valence-corrected chi connectivity index (χ0v) is 9.19. The smallest absolute Gasteiger partial charge is 0.329 e. The van der Waals surface area contributed by atoms with Gasteiger partial charge < -0.3 is 10.3 Å². The van der Waals surface area contributed by atoms with Crippen LogP contribution in [-0.2, 0) is 4.79 Å². The maximum atomic E-state index is 11.6. The Labute approximate surface area is 92.6 Å². The van der Waals surface area contributed by atoms with E-state index in [-0.39, 0.29) is 24.8 Å². The predicted octanol–water partition coefficient (Wildman–Crippen LogP) is 0.322. The number of nitrogens with two attached hydrogens (primary N) is 1. The van der Waals surface area contributed by atoms with E-state index in [0.717, 1.165) is 4.90 Å². The number of hydrogen-bond donors (Lipinski definition) is 2. The molecule has 0 aromatic carbocycles. The maximum Gasteiger partial charge on any atom is 0.329 e. The number of anilines is 1. The van der Waals surface area contributed by atoms with Crippen LogP contribution in [0.15, 0.2) is 10.6 Å². The van der Waals surface area contributed by atoms with E-state index in [1.807, 2.05) is 0 Å². The predicted molar refractivity (Wildman–Crippen MR) is 56.7 cm³/mol. The Hall–Kier alpha value is -1.89. The summed E-state index contributed by atoms with van der Waals surface area (Å²) in [5, 5.41) is 6.02. The Morgan fingerprint density at radius 1 is 1.62 bits per heavy atom. The van der Waals surface area contributed by atoms with Crippen molar-refractivity contribution < 1.29 is 14.1 Å². The fourth-order valence-electron chi connectivity index (χ4n) is 1.13. The summed E-state index contributed by atoms with van der Waals surface area (Å²) < 4.78 is 4.77. The van der Waals surface area contributed by atoms with Crippen molar-refractivity contribution in [3.05, 3.63) is 11.8 Å². The molecule has 1 aromatic heterocycles. The summed E-state index contributed by atoms with van der Waals surface area (Å²) in [4.78, 5) is 23.8. The molecule has 88 valence electrons. The Morgan fingerprint density at radius 2 is 2.31 bits per heavy atom. The van der Waals surface area contributed by atoms with E-state index in [1.54, 1.807) is 13.0 Å². The minimum absolute atomic E-state index is 0.165. The van der Waals surface area contributed by atoms with Gasteiger partial charge in [-0.25, -0.2) is 4.79 Å². The number of carbonyl (C=O) groups is 2. The first-order valence-electron chi connectivity index (χ1n) is 4.77. The Bertz CT molecular complexity index is 388. The van der Waals surface area contributed by atoms with Gasteiger partial charge in [-0.3, -0.25) is 15.0 Å². The third-order valence-corrected chi connectivity index (χ3v) is 1.84. The minimum Gasteiger partial charge on any atom is -0.360 e. The van der Waals surface area contributed by atoms with Crippen molar-refractivity contribution in [2.75, 3.05) is 18.4 Å². The largest absolute Gasteiger partial charge is 0.360 e. The monoisotopic (exact) mass is 226 g/mol. The average Bonchev–Trinajstić information content (AvgIpc) is 2.59. The molecule has 1 rings (SSSR count). The van der Waals surface area contributed by atoms with Gasteiger partial charge in [0.15, 0.2) is 5.82 Å². The lowest BCUT2D eigenvalue weighted by Crippen LogP contribution is -2.41. The van der Waals surface area contributed by atoms with Crippen molar-refractivity contribution in [3.8, 4) is 0 Å². The molecule has 0 spiro atoms. The maximum absolute atomic E-state index is 11.6. The molecule has 0 aliphatic rings. The number of nitrogens with zero attached hydrogens (tertiary/aromatic N) is 2. The number of rotatable bonds is 3. The van der Waals surface area contributed by atoms with Crippen molar-refractivity contribution in [2.24, 2.45) is 5.73 Å². The van der Waals surface area contributed by atoms with Crippen molar-refractivity contribution >= 4 is 17.8 Å². The van der Waals surface area contributed by atoms with E-state index in [4.69, 9.17) is 10.3 Å². The molecule has 1 aromatic rings. The molecule has 7 nitrogen and oxygen atoms in total. The van der Waals surface area contributed by atoms with Crippen LogP contribution in [0.25, 0.3) is 0 Å². The normalized spacial score (nSPS) is 9.94. The molecular weight excluding hydrogens is 212 g/mol. The molecule has 0 saturated carbocycles. The van der Waals surface area contributed by atoms with Crippen molar-refractivity contribution in [1.82, 2.24) is 10.1 Å². The minimum atomic E-state index is -0.564. The van der Waals surface area contributed by atoms with Gasteiger partial charge in [-0.2, -0.15) is 0 Å². The standard InChI is InChI=1S/C9H14N4O3/c1-6-5-8(12-16-6)11-9(15)13(4-3-10)7(2)14/h5H,3-4,10H2,1-2H3,(H,11,12,15). The third-order valence-electron chi connectivity index (χ3n) is 1.84. The van der Waals surface area contributed by atoms with Crippen molar-refractivity contribution in [2.45, 2.75) is 13.8 Å². The highest BCUT2D eigenvalue weighted by Crippen LogP contribution is 2.08. The van der Waals surface area contributed by atoms with Crippen LogP contribution in [0.4, 0.5) is 10.6 Å². The molecule has 0 radical (unpaired) electrons. The van der Waals surface area contributed by atoms with E-state index in [1.165, 1.54) is 6.92 Å². The lowest BCUT2D eigenvalue weighted by atomic mass is 10.4. The van der Waals surface area contributed by atoms with E-state index in [9.17, 15) is 9.59 Å². The van der Waals surface area contributed by atoms with E-state index in [2.05, 4.69) is 10.5 Å². The SMILES string of the molecule is CC(=O)N(CCN)C(=O)Nc1cc(C)on1. The first-order valence-corrected chi connectivity index (χ1v) is 4.77. The molecule has 0 aliphatic heterocycles. The Balaban J connectivity index is 2.65. The summed E-state index contributed by atoms with van der Waals surface area (Å²) >= 11 is 0. The molecule has 0 saturated heterocycles. The number of aromatic nitrogens is 1. The topological polar surface area (TPSA) is 101 Å². The molecular formula is C9H14N4O3. The van der Waals surface area contributed by atoms with Crippen LogP contribution in [0.1, 0.15) is 12.7 Å². The number of aryl methyl sites for hydroxylation is 1. The molecule has 0 bridgehead atoms. The summed E-state index contributed by atoms with van der Waals surface area (Å²) in [6.07, 6.45) is 0. The average molecular weight is 226 g/mol. The zero-order valence-electron chi connectivity index (χ0n) is 9.19. The van der Waals surface area contributed by atoms with E-state index >= 15 is 0 Å². The molecule has 7 heteroatoms. The summed E-state index contributed by atoms with van der Waals surface area (Å²) in [6, 6.07) is 0.991. The lowest BCUT2D eigenvalue weighted by molar-refractivity contribution is -0.125. The van der Waals surface area contributed by atoms with Gasteiger partial charge in [0.25, 0.3) is 0 Å². The number of hydrogen-bond acceptors (Lipinski definition) is 5. The van der Waals surface area contributed by atoms with Crippen LogP contribution in [0.3, 0.4) is 0 Å². The second kappa shape index (κ2) is 5.26. The highest BCUT2D eigenvalue weighted by molar-refractivity contribution is 5.99. The quantitative estimate of drug-likeness (QED) is 0.772. The molecule has 16 heavy (non-hydrogen) atoms. The highest BCUT2D eigenvalue weighted by atomic mass is 16.5. The number of amides is 3. The van der Waals surface area contributed by atoms with Gasteiger partial charge in [0.1, 0.15) is 5.76 Å². The van der Waals surface area contributed by atoms with Gasteiger partial charge in [-0.05, 0) is 6.92 Å². The van der Waals surface area contributed by atoms with Crippen LogP contribution in [0, 0.1) is 6.92 Å². The highest BCUT2D eigenvalue weighted by Gasteiger charge is 2.17. The number of carbonyl (C=O) groups excluding carboxylic acids is 2. The fourth-order valence-corrected chi connectivity index (χ4v) is 1.13. The van der Waals surface area contributed by atoms with Crippen LogP contribution >= 0.6 is 0 Å². The van der Waals surface area contributed by atoms with E-state index in [0.29, 0.717) is 5.76 Å². The lowest BCUT2D eigenvalue weighted by Gasteiger charge is -2.17. The number of nitrogens with one attached hydrogen (secondary N) is 1. The van der Waals surface area contributed by atoms with Gasteiger partial charge in [-0.1, -0.05) is 5.16 Å². The van der Waals surface area contributed by atoms with E-state index < -0.39 is 6.03 Å². The van der Waals surface area contributed by atoms with Crippen LogP contribution in [0.5, 0.6) is 0 Å². The third kappa shape index (κ3) is 3.06. The summed E-state index contributed by atoms with van der Waals surface area (Å²) in [5.74, 6) is 0.470. The van der Waals surface area contributed by atoms with Crippen molar-refractivity contribution in [3.63, 3.8) is 0 Å². The second-order valence-corrected chi connectivity index (χ2v) is 3.21. The molecule has 3 amide bonds. The molecule has 0 fully saturated rings. The molecule has 0 atom stereocenters. The molecule has 3 N–H and O–H groups in total. The Morgan fingerprint density at radius 3 is 2.75 bits per heavy atom. The summed E-state index contributed by atoms with van der Waals surface area (Å²) in [5.41, 5.74) is 5.29. The molecule has 0 unspecified atom stereocenters. The van der Waals surface area contributed by atoms with Gasteiger partial charge >= 0.3 is 6.03 Å². The number of imide groups is 1. The van der Waals surface area contributed by atoms with Crippen LogP contribution in [0.2, 0.25) is 0 Å². The first-order chi connectivity index (χ1) is 7.54. The molecule has 0 aliphatic carbocycles. The first kappa shape index (κ1) is 12.2. The van der Waals surface area contributed by atoms with Gasteiger partial charge in [0.2, 0.25) is 5.91 Å². The van der Waals surface area contributed by atoms with Gasteiger partial charge in [0, 0.05) is 26.1 Å². The summed E-state index contributed by atoms with van der Waals surface area (Å²) in [7, 11) is 0. The summed E-state index contributed by atoms with van der Waals surface area (Å²) in [6.45, 7) is 3.37. The van der Waals surface area contributed by atoms with Crippen molar-refractivity contribution in [1.29, 1.82) is 0 Å². The molecule has 1 heterocycles. The Kier molecular flexibility index (Phi) is 4.01. The number of urea groups is 1. The fraction of sp³-hybridized carbons (Fsp3) is 0.444. The zero-order chi connectivity index (χ0) is 12.1. The van der Waals surface area contributed by atoms with Gasteiger partial charge in [0.05, 0.1) is 0 Å². The van der Waals surface area contributed by atoms with Crippen LogP contribution in [-0.4, -0.2) is 35.1 Å². The van der Waals surface area contributed by atoms with Gasteiger partial charge in [-0.15, -0.1) is 0 Å². The second-order valence-electron chi connectivity index (χ2n) is 3.21.